The number of morpholine rings is 1. The minimum Gasteiger partial charge on any atom is -0.491 e. The molecular weight excluding hydrogens is 514 g/mol. The number of primary amides is 1. The third-order valence-electron chi connectivity index (χ3n) is 6.38. The van der Waals surface area contributed by atoms with Crippen molar-refractivity contribution >= 4 is 38.4 Å². The molecule has 0 radical (unpaired) electrons. The number of aromatic amines is 1. The third-order valence-corrected chi connectivity index (χ3v) is 8.57. The van der Waals surface area contributed by atoms with Crippen molar-refractivity contribution in [2.45, 2.75) is 17.9 Å². The Morgan fingerprint density at radius 3 is 2.76 bits per heavy atom. The molecule has 0 unspecified atom stereocenters. The Hall–Kier alpha value is -3.37. The summed E-state index contributed by atoms with van der Waals surface area (Å²) >= 11 is 6.12. The van der Waals surface area contributed by atoms with Crippen molar-refractivity contribution in [1.29, 1.82) is 0 Å². The van der Waals surface area contributed by atoms with Crippen LogP contribution in [-0.2, 0) is 14.8 Å². The van der Waals surface area contributed by atoms with Crippen LogP contribution in [0.4, 0.5) is 0 Å². The first kappa shape index (κ1) is 25.3. The van der Waals surface area contributed by atoms with Gasteiger partial charge in [0, 0.05) is 29.0 Å². The fourth-order valence-electron chi connectivity index (χ4n) is 4.56. The highest BCUT2D eigenvalue weighted by molar-refractivity contribution is 7.89. The first-order valence-electron chi connectivity index (χ1n) is 11.8. The summed E-state index contributed by atoms with van der Waals surface area (Å²) in [5, 5.41) is 0.661. The molecule has 1 amide bonds. The van der Waals surface area contributed by atoms with Gasteiger partial charge in [-0.1, -0.05) is 48.0 Å². The number of aromatic nitrogens is 1. The van der Waals surface area contributed by atoms with E-state index in [9.17, 15) is 13.2 Å². The second-order valence-electron chi connectivity index (χ2n) is 8.89. The van der Waals surface area contributed by atoms with Gasteiger partial charge in [0.15, 0.2) is 0 Å². The molecule has 1 aliphatic rings. The average Bonchev–Trinajstić information content (AvgIpc) is 3.28. The summed E-state index contributed by atoms with van der Waals surface area (Å²) in [6.45, 7) is 2.59. The van der Waals surface area contributed by atoms with Crippen molar-refractivity contribution in [3.05, 3.63) is 83.0 Å². The number of rotatable bonds is 7. The van der Waals surface area contributed by atoms with E-state index in [1.54, 1.807) is 12.1 Å². The molecular formula is C27H26ClN3O5S. The van der Waals surface area contributed by atoms with E-state index >= 15 is 0 Å². The van der Waals surface area contributed by atoms with Gasteiger partial charge in [0.05, 0.1) is 6.61 Å². The van der Waals surface area contributed by atoms with E-state index in [0.717, 1.165) is 16.7 Å². The van der Waals surface area contributed by atoms with Crippen LogP contribution in [0, 0.1) is 6.92 Å². The van der Waals surface area contributed by atoms with Crippen LogP contribution in [0.1, 0.15) is 16.1 Å². The van der Waals surface area contributed by atoms with Gasteiger partial charge in [0.25, 0.3) is 5.91 Å². The van der Waals surface area contributed by atoms with Crippen LogP contribution in [0.5, 0.6) is 5.75 Å². The maximum absolute atomic E-state index is 13.7. The van der Waals surface area contributed by atoms with Crippen LogP contribution >= 0.6 is 11.6 Å². The number of fused-ring (bicyclic) bond motifs is 1. The van der Waals surface area contributed by atoms with Crippen molar-refractivity contribution in [3.63, 3.8) is 0 Å². The van der Waals surface area contributed by atoms with Crippen molar-refractivity contribution in [3.8, 4) is 16.9 Å². The van der Waals surface area contributed by atoms with Gasteiger partial charge in [-0.15, -0.1) is 0 Å². The lowest BCUT2D eigenvalue weighted by atomic mass is 10.0. The smallest absolute Gasteiger partial charge is 0.266 e. The number of carbonyl (C=O) groups excluding carboxylic acids is 1. The summed E-state index contributed by atoms with van der Waals surface area (Å²) in [5.74, 6) is -0.209. The van der Waals surface area contributed by atoms with E-state index in [1.165, 1.54) is 10.4 Å². The highest BCUT2D eigenvalue weighted by Crippen LogP contribution is 2.32. The normalized spacial score (nSPS) is 16.6. The number of hydrogen-bond acceptors (Lipinski definition) is 5. The van der Waals surface area contributed by atoms with Gasteiger partial charge in [-0.3, -0.25) is 4.79 Å². The Bertz CT molecular complexity index is 1580. The lowest BCUT2D eigenvalue weighted by Gasteiger charge is -2.32. The van der Waals surface area contributed by atoms with E-state index in [-0.39, 0.29) is 36.9 Å². The number of aryl methyl sites for hydroxylation is 1. The van der Waals surface area contributed by atoms with E-state index in [4.69, 9.17) is 26.8 Å². The number of nitrogens with one attached hydrogen (secondary N) is 1. The summed E-state index contributed by atoms with van der Waals surface area (Å²) < 4.78 is 40.5. The molecule has 0 bridgehead atoms. The predicted octanol–water partition coefficient (Wildman–Crippen LogP) is 4.36. The van der Waals surface area contributed by atoms with Crippen molar-refractivity contribution in [1.82, 2.24) is 9.29 Å². The van der Waals surface area contributed by atoms with Gasteiger partial charge in [-0.25, -0.2) is 8.42 Å². The number of halogens is 1. The Morgan fingerprint density at radius 1 is 1.16 bits per heavy atom. The molecule has 0 spiro atoms. The van der Waals surface area contributed by atoms with Crippen LogP contribution in [0.2, 0.25) is 5.02 Å². The topological polar surface area (TPSA) is 115 Å². The predicted molar refractivity (Wildman–Crippen MR) is 142 cm³/mol. The summed E-state index contributed by atoms with van der Waals surface area (Å²) in [5.41, 5.74) is 9.10. The lowest BCUT2D eigenvalue weighted by Crippen LogP contribution is -2.47. The number of nitrogens with zero attached hydrogens (tertiary/aromatic N) is 1. The number of amides is 1. The quantitative estimate of drug-likeness (QED) is 0.362. The van der Waals surface area contributed by atoms with Crippen LogP contribution in [0.15, 0.2) is 71.6 Å². The first-order chi connectivity index (χ1) is 17.7. The zero-order valence-electron chi connectivity index (χ0n) is 20.1. The molecule has 2 heterocycles. The molecule has 37 heavy (non-hydrogen) atoms. The summed E-state index contributed by atoms with van der Waals surface area (Å²) in [4.78, 5) is 14.8. The van der Waals surface area contributed by atoms with Crippen molar-refractivity contribution < 1.29 is 22.7 Å². The van der Waals surface area contributed by atoms with E-state index in [0.29, 0.717) is 21.7 Å². The second kappa shape index (κ2) is 10.2. The molecule has 3 N–H and O–H groups in total. The van der Waals surface area contributed by atoms with Gasteiger partial charge in [-0.05, 0) is 53.9 Å². The lowest BCUT2D eigenvalue weighted by molar-refractivity contribution is -0.0249. The van der Waals surface area contributed by atoms with Crippen LogP contribution < -0.4 is 10.5 Å². The molecule has 1 aliphatic heterocycles. The number of benzene rings is 3. The van der Waals surface area contributed by atoms with E-state index in [1.807, 2.05) is 36.4 Å². The number of ether oxygens (including phenoxy) is 2. The minimum absolute atomic E-state index is 0.0608. The zero-order valence-corrected chi connectivity index (χ0v) is 21.7. The summed E-state index contributed by atoms with van der Waals surface area (Å²) in [7, 11) is -4.09. The molecule has 1 fully saturated rings. The summed E-state index contributed by atoms with van der Waals surface area (Å²) in [6.07, 6.45) is -0.503. The molecule has 0 aliphatic carbocycles. The largest absolute Gasteiger partial charge is 0.491 e. The molecule has 8 nitrogen and oxygen atoms in total. The fraction of sp³-hybridized carbons (Fsp3) is 0.222. The molecule has 1 saturated heterocycles. The Balaban J connectivity index is 1.35. The zero-order chi connectivity index (χ0) is 26.2. The second-order valence-corrected chi connectivity index (χ2v) is 11.2. The standard InChI is InChI=1S/C27H26ClN3O5S/c1-17-5-2-3-8-22(17)18-6-4-7-20(13-18)36-16-21-15-31(11-12-35-21)37(33,34)26-23-14-19(28)9-10-24(23)30-25(26)27(29)32/h2-10,13-14,21,30H,11-12,15-16H2,1H3,(H2,29,32)/t21-/m0/s1. The molecule has 3 aromatic carbocycles. The SMILES string of the molecule is Cc1ccccc1-c1cccc(OC[C@@H]2CN(S(=O)(=O)c3c(C(N)=O)[nH]c4ccc(Cl)cc34)CCO2)c1. The summed E-state index contributed by atoms with van der Waals surface area (Å²) in [6, 6.07) is 20.6. The first-order valence-corrected chi connectivity index (χ1v) is 13.6. The Morgan fingerprint density at radius 2 is 1.97 bits per heavy atom. The maximum Gasteiger partial charge on any atom is 0.266 e. The number of hydrogen-bond donors (Lipinski definition) is 2. The molecule has 0 saturated carbocycles. The van der Waals surface area contributed by atoms with Crippen molar-refractivity contribution in [2.75, 3.05) is 26.3 Å². The van der Waals surface area contributed by atoms with Crippen LogP contribution in [-0.4, -0.2) is 56.0 Å². The average molecular weight is 540 g/mol. The number of nitrogens with two attached hydrogens (primary N) is 1. The highest BCUT2D eigenvalue weighted by Gasteiger charge is 2.36. The number of H-pyrrole nitrogens is 1. The third kappa shape index (κ3) is 5.08. The monoisotopic (exact) mass is 539 g/mol. The minimum atomic E-state index is -4.09. The highest BCUT2D eigenvalue weighted by atomic mass is 35.5. The molecule has 5 rings (SSSR count). The van der Waals surface area contributed by atoms with Gasteiger partial charge in [0.1, 0.15) is 29.0 Å². The Labute approximate surface area is 220 Å². The molecule has 192 valence electrons. The fourth-order valence-corrected chi connectivity index (χ4v) is 6.52. The molecule has 1 aromatic heterocycles. The molecule has 4 aromatic rings. The number of carbonyl (C=O) groups is 1. The van der Waals surface area contributed by atoms with Gasteiger partial charge in [0.2, 0.25) is 10.0 Å². The van der Waals surface area contributed by atoms with Crippen molar-refractivity contribution in [2.24, 2.45) is 5.73 Å². The van der Waals surface area contributed by atoms with E-state index in [2.05, 4.69) is 24.0 Å². The van der Waals surface area contributed by atoms with Crippen LogP contribution in [0.3, 0.4) is 0 Å². The Kier molecular flexibility index (Phi) is 6.96. The van der Waals surface area contributed by atoms with Crippen LogP contribution in [0.25, 0.3) is 22.0 Å². The van der Waals surface area contributed by atoms with Gasteiger partial charge < -0.3 is 20.2 Å². The number of sulfonamides is 1. The van der Waals surface area contributed by atoms with Gasteiger partial charge in [-0.2, -0.15) is 4.31 Å². The van der Waals surface area contributed by atoms with E-state index < -0.39 is 22.0 Å². The molecule has 10 heteroatoms. The van der Waals surface area contributed by atoms with Gasteiger partial charge >= 0.3 is 0 Å². The molecule has 1 atom stereocenters. The maximum atomic E-state index is 13.7.